The number of benzene rings is 1. The first-order valence-electron chi connectivity index (χ1n) is 5.37. The molecule has 1 unspecified atom stereocenters. The van der Waals surface area contributed by atoms with E-state index in [4.69, 9.17) is 5.73 Å². The number of anilines is 2. The Bertz CT molecular complexity index is 479. The fourth-order valence-corrected chi connectivity index (χ4v) is 1.68. The van der Waals surface area contributed by atoms with Crippen molar-refractivity contribution in [2.75, 3.05) is 11.1 Å². The summed E-state index contributed by atoms with van der Waals surface area (Å²) in [5.74, 6) is -0.338. The smallest absolute Gasteiger partial charge is 0.127 e. The van der Waals surface area contributed by atoms with Gasteiger partial charge >= 0.3 is 0 Å². The number of aromatic nitrogens is 1. The third kappa shape index (κ3) is 2.93. The Morgan fingerprint density at radius 2 is 1.94 bits per heavy atom. The monoisotopic (exact) mass is 231 g/mol. The molecule has 1 heterocycles. The molecule has 0 saturated heterocycles. The number of nitrogens with zero attached hydrogens (tertiary/aromatic N) is 1. The fourth-order valence-electron chi connectivity index (χ4n) is 1.68. The summed E-state index contributed by atoms with van der Waals surface area (Å²) in [6.07, 6.45) is 3.46. The van der Waals surface area contributed by atoms with Crippen molar-refractivity contribution in [2.24, 2.45) is 0 Å². The molecule has 0 aliphatic carbocycles. The van der Waals surface area contributed by atoms with Crippen LogP contribution in [0.5, 0.6) is 0 Å². The van der Waals surface area contributed by atoms with Crippen LogP contribution in [0.4, 0.5) is 15.8 Å². The standard InChI is InChI=1S/C13H14FN3/c1-9(10-2-4-16-5-3-10)17-13-7-11(14)6-12(15)8-13/h2-9,17H,15H2,1H3. The molecule has 0 bridgehead atoms. The van der Waals surface area contributed by atoms with Crippen molar-refractivity contribution in [1.82, 2.24) is 4.98 Å². The zero-order valence-corrected chi connectivity index (χ0v) is 9.52. The van der Waals surface area contributed by atoms with E-state index in [9.17, 15) is 4.39 Å². The number of hydrogen-bond acceptors (Lipinski definition) is 3. The topological polar surface area (TPSA) is 50.9 Å². The number of nitrogens with two attached hydrogens (primary N) is 1. The summed E-state index contributed by atoms with van der Waals surface area (Å²) in [7, 11) is 0. The van der Waals surface area contributed by atoms with Crippen molar-refractivity contribution < 1.29 is 4.39 Å². The first kappa shape index (κ1) is 11.4. The van der Waals surface area contributed by atoms with Crippen molar-refractivity contribution in [3.8, 4) is 0 Å². The summed E-state index contributed by atoms with van der Waals surface area (Å²) in [5.41, 5.74) is 7.75. The van der Waals surface area contributed by atoms with Crippen molar-refractivity contribution >= 4 is 11.4 Å². The van der Waals surface area contributed by atoms with Gasteiger partial charge in [0.1, 0.15) is 5.82 Å². The number of halogens is 1. The lowest BCUT2D eigenvalue weighted by Gasteiger charge is -2.15. The molecule has 0 saturated carbocycles. The van der Waals surface area contributed by atoms with Crippen LogP contribution in [0.15, 0.2) is 42.7 Å². The molecule has 1 atom stereocenters. The molecular weight excluding hydrogens is 217 g/mol. The number of pyridine rings is 1. The van der Waals surface area contributed by atoms with Crippen LogP contribution in [0.3, 0.4) is 0 Å². The van der Waals surface area contributed by atoms with E-state index < -0.39 is 0 Å². The Hall–Kier alpha value is -2.10. The maximum absolute atomic E-state index is 13.2. The predicted octanol–water partition coefficient (Wildman–Crippen LogP) is 2.98. The van der Waals surface area contributed by atoms with Gasteiger partial charge in [0.15, 0.2) is 0 Å². The van der Waals surface area contributed by atoms with Crippen molar-refractivity contribution in [2.45, 2.75) is 13.0 Å². The van der Waals surface area contributed by atoms with Gasteiger partial charge in [-0.15, -0.1) is 0 Å². The van der Waals surface area contributed by atoms with E-state index in [-0.39, 0.29) is 11.9 Å². The van der Waals surface area contributed by atoms with E-state index in [1.807, 2.05) is 19.1 Å². The van der Waals surface area contributed by atoms with Crippen LogP contribution in [0, 0.1) is 5.82 Å². The molecule has 3 nitrogen and oxygen atoms in total. The summed E-state index contributed by atoms with van der Waals surface area (Å²) in [4.78, 5) is 3.96. The molecule has 2 rings (SSSR count). The molecular formula is C13H14FN3. The number of hydrogen-bond donors (Lipinski definition) is 2. The van der Waals surface area contributed by atoms with Gasteiger partial charge in [0.05, 0.1) is 0 Å². The molecule has 0 radical (unpaired) electrons. The van der Waals surface area contributed by atoms with Crippen LogP contribution < -0.4 is 11.1 Å². The van der Waals surface area contributed by atoms with Crippen LogP contribution in [0.1, 0.15) is 18.5 Å². The highest BCUT2D eigenvalue weighted by molar-refractivity contribution is 5.55. The van der Waals surface area contributed by atoms with E-state index in [1.54, 1.807) is 18.5 Å². The Balaban J connectivity index is 2.16. The zero-order valence-electron chi connectivity index (χ0n) is 9.52. The maximum atomic E-state index is 13.2. The number of rotatable bonds is 3. The van der Waals surface area contributed by atoms with Crippen LogP contribution in [-0.2, 0) is 0 Å². The zero-order chi connectivity index (χ0) is 12.3. The Kier molecular flexibility index (Phi) is 3.23. The third-order valence-electron chi connectivity index (χ3n) is 2.51. The third-order valence-corrected chi connectivity index (χ3v) is 2.51. The second-order valence-corrected chi connectivity index (χ2v) is 3.92. The van der Waals surface area contributed by atoms with Crippen LogP contribution in [-0.4, -0.2) is 4.98 Å². The maximum Gasteiger partial charge on any atom is 0.127 e. The largest absolute Gasteiger partial charge is 0.399 e. The van der Waals surface area contributed by atoms with Crippen molar-refractivity contribution in [3.05, 3.63) is 54.1 Å². The van der Waals surface area contributed by atoms with Gasteiger partial charge in [0, 0.05) is 29.8 Å². The van der Waals surface area contributed by atoms with Crippen molar-refractivity contribution in [3.63, 3.8) is 0 Å². The molecule has 0 amide bonds. The van der Waals surface area contributed by atoms with Gasteiger partial charge < -0.3 is 11.1 Å². The molecule has 17 heavy (non-hydrogen) atoms. The predicted molar refractivity (Wildman–Crippen MR) is 67.1 cm³/mol. The van der Waals surface area contributed by atoms with Gasteiger partial charge in [-0.25, -0.2) is 4.39 Å². The summed E-state index contributed by atoms with van der Waals surface area (Å²) < 4.78 is 13.2. The number of nitrogen functional groups attached to an aromatic ring is 1. The summed E-state index contributed by atoms with van der Waals surface area (Å²) in [6, 6.07) is 8.33. The van der Waals surface area contributed by atoms with Gasteiger partial charge in [-0.05, 0) is 42.8 Å². The molecule has 4 heteroatoms. The minimum absolute atomic E-state index is 0.0687. The minimum atomic E-state index is -0.338. The Labute approximate surface area is 99.5 Å². The summed E-state index contributed by atoms with van der Waals surface area (Å²) in [5, 5.41) is 3.19. The average Bonchev–Trinajstić information content (AvgIpc) is 2.28. The van der Waals surface area contributed by atoms with Crippen molar-refractivity contribution in [1.29, 1.82) is 0 Å². The van der Waals surface area contributed by atoms with Crippen LogP contribution in [0.25, 0.3) is 0 Å². The lowest BCUT2D eigenvalue weighted by molar-refractivity contribution is 0.628. The van der Waals surface area contributed by atoms with Gasteiger partial charge in [-0.3, -0.25) is 4.98 Å². The first-order chi connectivity index (χ1) is 8.15. The highest BCUT2D eigenvalue weighted by atomic mass is 19.1. The van der Waals surface area contributed by atoms with Gasteiger partial charge in [-0.1, -0.05) is 0 Å². The molecule has 88 valence electrons. The Morgan fingerprint density at radius 3 is 2.59 bits per heavy atom. The van der Waals surface area contributed by atoms with E-state index in [1.165, 1.54) is 12.1 Å². The summed E-state index contributed by atoms with van der Waals surface area (Å²) in [6.45, 7) is 2.00. The van der Waals surface area contributed by atoms with Gasteiger partial charge in [-0.2, -0.15) is 0 Å². The van der Waals surface area contributed by atoms with E-state index in [2.05, 4.69) is 10.3 Å². The molecule has 0 aliphatic rings. The number of nitrogens with one attached hydrogen (secondary N) is 1. The highest BCUT2D eigenvalue weighted by Gasteiger charge is 2.06. The second kappa shape index (κ2) is 4.82. The highest BCUT2D eigenvalue weighted by Crippen LogP contribution is 2.21. The first-order valence-corrected chi connectivity index (χ1v) is 5.37. The summed E-state index contributed by atoms with van der Waals surface area (Å²) >= 11 is 0. The molecule has 0 aliphatic heterocycles. The van der Waals surface area contributed by atoms with Crippen LogP contribution >= 0.6 is 0 Å². The van der Waals surface area contributed by atoms with Crippen LogP contribution in [0.2, 0.25) is 0 Å². The van der Waals surface area contributed by atoms with Gasteiger partial charge in [0.2, 0.25) is 0 Å². The molecule has 1 aromatic carbocycles. The normalized spacial score (nSPS) is 12.1. The fraction of sp³-hybridized carbons (Fsp3) is 0.154. The van der Waals surface area contributed by atoms with E-state index in [0.717, 1.165) is 5.56 Å². The lowest BCUT2D eigenvalue weighted by atomic mass is 10.1. The quantitative estimate of drug-likeness (QED) is 0.798. The second-order valence-electron chi connectivity index (χ2n) is 3.92. The van der Waals surface area contributed by atoms with E-state index in [0.29, 0.717) is 11.4 Å². The molecule has 0 spiro atoms. The lowest BCUT2D eigenvalue weighted by Crippen LogP contribution is -2.07. The molecule has 0 fully saturated rings. The molecule has 2 aromatic rings. The molecule has 3 N–H and O–H groups in total. The average molecular weight is 231 g/mol. The van der Waals surface area contributed by atoms with E-state index >= 15 is 0 Å². The Morgan fingerprint density at radius 1 is 1.24 bits per heavy atom. The SMILES string of the molecule is CC(Nc1cc(N)cc(F)c1)c1ccncc1. The molecule has 1 aromatic heterocycles. The van der Waals surface area contributed by atoms with Gasteiger partial charge in [0.25, 0.3) is 0 Å². The minimum Gasteiger partial charge on any atom is -0.399 e.